The first kappa shape index (κ1) is 24.3. The van der Waals surface area contributed by atoms with Crippen LogP contribution in [0.2, 0.25) is 0 Å². The SMILES string of the molecule is CC(C)(C)OC(=O)N1CCOc2ccc(Sc3ccc4c(=O)n(CC(=N)/C=C\N)ncc4c3)cc21. The standard InChI is InChI=1S/C25H27N5O4S/c1-25(2,3)34-24(32)29-10-11-33-22-7-5-19(13-21(22)29)35-18-4-6-20-16(12-18)14-28-30(23(20)31)15-17(27)8-9-26/h4-9,12-14,27H,10-11,15,26H2,1-3H3/b9-8-,27-17?. The van der Waals surface area contributed by atoms with Crippen LogP contribution in [0.15, 0.2) is 69.5 Å². The maximum absolute atomic E-state index is 12.8. The Labute approximate surface area is 207 Å². The van der Waals surface area contributed by atoms with Crippen molar-refractivity contribution in [2.45, 2.75) is 42.7 Å². The maximum Gasteiger partial charge on any atom is 0.415 e. The number of benzene rings is 2. The predicted molar refractivity (Wildman–Crippen MR) is 137 cm³/mol. The zero-order chi connectivity index (χ0) is 25.2. The molecule has 0 bridgehead atoms. The number of nitrogens with two attached hydrogens (primary N) is 1. The minimum absolute atomic E-state index is 0.0460. The van der Waals surface area contributed by atoms with Crippen LogP contribution in [0.5, 0.6) is 5.75 Å². The minimum Gasteiger partial charge on any atom is -0.490 e. The van der Waals surface area contributed by atoms with Gasteiger partial charge in [-0.15, -0.1) is 0 Å². The molecular formula is C25H27N5O4S. The zero-order valence-corrected chi connectivity index (χ0v) is 20.6. The maximum atomic E-state index is 12.8. The quantitative estimate of drug-likeness (QED) is 0.511. The molecule has 0 saturated carbocycles. The van der Waals surface area contributed by atoms with Crippen molar-refractivity contribution in [2.24, 2.45) is 5.73 Å². The molecule has 3 N–H and O–H groups in total. The van der Waals surface area contributed by atoms with E-state index in [0.29, 0.717) is 35.4 Å². The summed E-state index contributed by atoms with van der Waals surface area (Å²) in [6, 6.07) is 11.2. The van der Waals surface area contributed by atoms with Gasteiger partial charge in [-0.25, -0.2) is 9.48 Å². The molecule has 1 amide bonds. The number of nitrogens with zero attached hydrogens (tertiary/aromatic N) is 3. The zero-order valence-electron chi connectivity index (χ0n) is 19.8. The van der Waals surface area contributed by atoms with E-state index in [0.717, 1.165) is 9.79 Å². The van der Waals surface area contributed by atoms with Gasteiger partial charge in [-0.3, -0.25) is 9.69 Å². The molecule has 2 aromatic carbocycles. The summed E-state index contributed by atoms with van der Waals surface area (Å²) in [5, 5.41) is 13.2. The molecule has 0 atom stereocenters. The number of anilines is 1. The summed E-state index contributed by atoms with van der Waals surface area (Å²) in [5.74, 6) is 0.629. The predicted octanol–water partition coefficient (Wildman–Crippen LogP) is 4.17. The highest BCUT2D eigenvalue weighted by Crippen LogP contribution is 2.38. The van der Waals surface area contributed by atoms with Gasteiger partial charge >= 0.3 is 6.09 Å². The number of nitrogens with one attached hydrogen (secondary N) is 1. The molecule has 0 fully saturated rings. The third-order valence-corrected chi connectivity index (χ3v) is 6.06. The third kappa shape index (κ3) is 5.65. The Morgan fingerprint density at radius 3 is 2.74 bits per heavy atom. The lowest BCUT2D eigenvalue weighted by molar-refractivity contribution is 0.0567. The first-order valence-electron chi connectivity index (χ1n) is 11.1. The number of hydrogen-bond acceptors (Lipinski definition) is 8. The number of carbonyl (C=O) groups is 1. The molecule has 0 spiro atoms. The lowest BCUT2D eigenvalue weighted by Crippen LogP contribution is -2.41. The number of amides is 1. The second kappa shape index (κ2) is 9.83. The highest BCUT2D eigenvalue weighted by Gasteiger charge is 2.28. The Morgan fingerprint density at radius 1 is 1.26 bits per heavy atom. The van der Waals surface area contributed by atoms with Gasteiger partial charge < -0.3 is 20.6 Å². The van der Waals surface area contributed by atoms with Crippen LogP contribution in [0.4, 0.5) is 10.5 Å². The molecule has 0 unspecified atom stereocenters. The number of rotatable bonds is 5. The topological polar surface area (TPSA) is 124 Å². The minimum atomic E-state index is -0.596. The smallest absolute Gasteiger partial charge is 0.415 e. The molecule has 1 aromatic heterocycles. The van der Waals surface area contributed by atoms with Gasteiger partial charge in [0.05, 0.1) is 36.1 Å². The average molecular weight is 494 g/mol. The van der Waals surface area contributed by atoms with E-state index in [-0.39, 0.29) is 17.8 Å². The van der Waals surface area contributed by atoms with Gasteiger partial charge in [-0.2, -0.15) is 5.10 Å². The van der Waals surface area contributed by atoms with Crippen LogP contribution in [0.25, 0.3) is 10.8 Å². The van der Waals surface area contributed by atoms with Crippen molar-refractivity contribution >= 4 is 40.0 Å². The molecule has 0 aliphatic carbocycles. The summed E-state index contributed by atoms with van der Waals surface area (Å²) in [5.41, 5.74) is 5.29. The fraction of sp³-hybridized carbons (Fsp3) is 0.280. The Morgan fingerprint density at radius 2 is 2.00 bits per heavy atom. The fourth-order valence-electron chi connectivity index (χ4n) is 3.58. The summed E-state index contributed by atoms with van der Waals surface area (Å²) < 4.78 is 12.5. The molecular weight excluding hydrogens is 466 g/mol. The van der Waals surface area contributed by atoms with E-state index >= 15 is 0 Å². The molecule has 1 aliphatic rings. The lowest BCUT2D eigenvalue weighted by Gasteiger charge is -2.31. The lowest BCUT2D eigenvalue weighted by atomic mass is 10.2. The highest BCUT2D eigenvalue weighted by molar-refractivity contribution is 7.99. The van der Waals surface area contributed by atoms with Gasteiger partial charge in [0.25, 0.3) is 5.56 Å². The van der Waals surface area contributed by atoms with Crippen LogP contribution < -0.4 is 20.9 Å². The van der Waals surface area contributed by atoms with Crippen molar-refractivity contribution in [3.63, 3.8) is 0 Å². The third-order valence-electron chi connectivity index (χ3n) is 5.08. The monoisotopic (exact) mass is 493 g/mol. The van der Waals surface area contributed by atoms with Gasteiger partial charge in [0.1, 0.15) is 18.0 Å². The number of carbonyl (C=O) groups excluding carboxylic acids is 1. The molecule has 0 saturated heterocycles. The number of ether oxygens (including phenoxy) is 2. The highest BCUT2D eigenvalue weighted by atomic mass is 32.2. The van der Waals surface area contributed by atoms with Gasteiger partial charge in [-0.1, -0.05) is 11.8 Å². The normalized spacial score (nSPS) is 13.5. The van der Waals surface area contributed by atoms with Gasteiger partial charge in [0, 0.05) is 15.2 Å². The molecule has 182 valence electrons. The second-order valence-corrected chi connectivity index (χ2v) is 10.1. The largest absolute Gasteiger partial charge is 0.490 e. The van der Waals surface area contributed by atoms with Crippen molar-refractivity contribution in [3.05, 3.63) is 65.2 Å². The molecule has 2 heterocycles. The Hall–Kier alpha value is -3.79. The molecule has 3 aromatic rings. The molecule has 10 heteroatoms. The molecule has 35 heavy (non-hydrogen) atoms. The number of aromatic nitrogens is 2. The van der Waals surface area contributed by atoms with Crippen LogP contribution in [-0.2, 0) is 11.3 Å². The summed E-state index contributed by atoms with van der Waals surface area (Å²) in [6.07, 6.45) is 3.89. The van der Waals surface area contributed by atoms with Crippen LogP contribution in [0.3, 0.4) is 0 Å². The van der Waals surface area contributed by atoms with Crippen molar-refractivity contribution in [3.8, 4) is 5.75 Å². The fourth-order valence-corrected chi connectivity index (χ4v) is 4.48. The Kier molecular flexibility index (Phi) is 6.83. The summed E-state index contributed by atoms with van der Waals surface area (Å²) in [6.45, 7) is 6.36. The second-order valence-electron chi connectivity index (χ2n) is 8.95. The van der Waals surface area contributed by atoms with Crippen LogP contribution in [0, 0.1) is 5.41 Å². The molecule has 9 nitrogen and oxygen atoms in total. The average Bonchev–Trinajstić information content (AvgIpc) is 2.79. The first-order valence-corrected chi connectivity index (χ1v) is 11.9. The molecule has 4 rings (SSSR count). The van der Waals surface area contributed by atoms with Gasteiger partial charge in [0.15, 0.2) is 0 Å². The van der Waals surface area contributed by atoms with Crippen molar-refractivity contribution in [1.82, 2.24) is 9.78 Å². The summed E-state index contributed by atoms with van der Waals surface area (Å²) in [4.78, 5) is 28.9. The van der Waals surface area contributed by atoms with Crippen LogP contribution in [0.1, 0.15) is 20.8 Å². The van der Waals surface area contributed by atoms with E-state index in [1.807, 2.05) is 51.1 Å². The Balaban J connectivity index is 1.58. The van der Waals surface area contributed by atoms with Gasteiger partial charge in [-0.05, 0) is 69.4 Å². The van der Waals surface area contributed by atoms with Crippen LogP contribution in [-0.4, -0.2) is 40.3 Å². The summed E-state index contributed by atoms with van der Waals surface area (Å²) >= 11 is 1.50. The van der Waals surface area contributed by atoms with Crippen molar-refractivity contribution < 1.29 is 14.3 Å². The van der Waals surface area contributed by atoms with Crippen molar-refractivity contribution in [1.29, 1.82) is 5.41 Å². The van der Waals surface area contributed by atoms with E-state index < -0.39 is 11.7 Å². The molecule has 0 radical (unpaired) electrons. The summed E-state index contributed by atoms with van der Waals surface area (Å²) in [7, 11) is 0. The number of allylic oxidation sites excluding steroid dienone is 1. The van der Waals surface area contributed by atoms with Crippen molar-refractivity contribution in [2.75, 3.05) is 18.1 Å². The van der Waals surface area contributed by atoms with E-state index in [1.165, 1.54) is 28.7 Å². The van der Waals surface area contributed by atoms with Gasteiger partial charge in [0.2, 0.25) is 0 Å². The number of fused-ring (bicyclic) bond motifs is 2. The van der Waals surface area contributed by atoms with E-state index in [2.05, 4.69) is 5.10 Å². The first-order chi connectivity index (χ1) is 16.6. The number of hydrogen-bond donors (Lipinski definition) is 2. The Bertz CT molecular complexity index is 1380. The van der Waals surface area contributed by atoms with Crippen LogP contribution >= 0.6 is 11.8 Å². The molecule has 1 aliphatic heterocycles. The van der Waals surface area contributed by atoms with E-state index in [4.69, 9.17) is 20.6 Å². The van der Waals surface area contributed by atoms with E-state index in [9.17, 15) is 9.59 Å². The van der Waals surface area contributed by atoms with E-state index in [1.54, 1.807) is 17.2 Å².